The number of hydrogen-bond donors (Lipinski definition) is 1. The third-order valence-electron chi connectivity index (χ3n) is 5.62. The molecule has 0 aromatic heterocycles. The van der Waals surface area contributed by atoms with Crippen LogP contribution in [0.5, 0.6) is 0 Å². The zero-order valence-electron chi connectivity index (χ0n) is 19.0. The number of allylic oxidation sites excluding steroid dienone is 1. The third kappa shape index (κ3) is 8.10. The molecule has 3 rings (SSSR count). The van der Waals surface area contributed by atoms with E-state index in [2.05, 4.69) is 23.5 Å². The fraction of sp³-hybridized carbons (Fsp3) is 0.333. The van der Waals surface area contributed by atoms with Gasteiger partial charge in [0, 0.05) is 19.0 Å². The Balaban J connectivity index is 0.000000739. The molecule has 7 heteroatoms. The molecule has 1 saturated heterocycles. The molecular formula is C27H27F3N2O2. The Morgan fingerprint density at radius 1 is 1.21 bits per heavy atom. The third-order valence-corrected chi connectivity index (χ3v) is 5.62. The number of alkyl halides is 3. The number of carboxylic acids is 1. The molecule has 0 amide bonds. The van der Waals surface area contributed by atoms with Crippen molar-refractivity contribution >= 4 is 5.97 Å². The SMILES string of the molecule is C#CC(=C)C.N#Cc1ccc(CN2CCC(CC(=O)O)CC2c2ccc(C(F)(F)F)cc2)cc1. The average Bonchev–Trinajstić information content (AvgIpc) is 2.80. The first-order valence-corrected chi connectivity index (χ1v) is 10.8. The number of hydrogen-bond acceptors (Lipinski definition) is 3. The Bertz CT molecular complexity index is 1060. The number of rotatable bonds is 5. The maximum absolute atomic E-state index is 12.9. The predicted octanol–water partition coefficient (Wildman–Crippen LogP) is 6.20. The summed E-state index contributed by atoms with van der Waals surface area (Å²) in [6, 6.07) is 14.3. The highest BCUT2D eigenvalue weighted by Gasteiger charge is 2.33. The topological polar surface area (TPSA) is 64.3 Å². The lowest BCUT2D eigenvalue weighted by Gasteiger charge is -2.39. The summed E-state index contributed by atoms with van der Waals surface area (Å²) in [5.41, 5.74) is 2.40. The number of nitrogens with zero attached hydrogens (tertiary/aromatic N) is 2. The highest BCUT2D eigenvalue weighted by Crippen LogP contribution is 2.38. The Hall–Kier alpha value is -3.55. The van der Waals surface area contributed by atoms with Gasteiger partial charge >= 0.3 is 12.1 Å². The van der Waals surface area contributed by atoms with Gasteiger partial charge in [0.05, 0.1) is 17.2 Å². The van der Waals surface area contributed by atoms with Crippen LogP contribution in [0.15, 0.2) is 60.7 Å². The molecule has 34 heavy (non-hydrogen) atoms. The van der Waals surface area contributed by atoms with Crippen molar-refractivity contribution in [2.75, 3.05) is 6.54 Å². The largest absolute Gasteiger partial charge is 0.481 e. The minimum absolute atomic E-state index is 0.0167. The smallest absolute Gasteiger partial charge is 0.416 e. The molecule has 1 aliphatic rings. The van der Waals surface area contributed by atoms with Crippen LogP contribution in [0.2, 0.25) is 0 Å². The molecular weight excluding hydrogens is 441 g/mol. The number of aliphatic carboxylic acids is 1. The van der Waals surface area contributed by atoms with Gasteiger partial charge in [0.25, 0.3) is 0 Å². The summed E-state index contributed by atoms with van der Waals surface area (Å²) < 4.78 is 38.7. The van der Waals surface area contributed by atoms with Gasteiger partial charge < -0.3 is 5.11 Å². The van der Waals surface area contributed by atoms with E-state index in [9.17, 15) is 18.0 Å². The zero-order chi connectivity index (χ0) is 25.3. The average molecular weight is 469 g/mol. The second-order valence-corrected chi connectivity index (χ2v) is 8.33. The van der Waals surface area contributed by atoms with Crippen LogP contribution in [0.1, 0.15) is 54.5 Å². The molecule has 2 unspecified atom stereocenters. The van der Waals surface area contributed by atoms with E-state index in [1.54, 1.807) is 19.1 Å². The van der Waals surface area contributed by atoms with E-state index in [1.807, 2.05) is 12.1 Å². The summed E-state index contributed by atoms with van der Waals surface area (Å²) in [5.74, 6) is 1.46. The molecule has 0 spiro atoms. The second-order valence-electron chi connectivity index (χ2n) is 8.33. The van der Waals surface area contributed by atoms with Gasteiger partial charge in [-0.05, 0) is 73.2 Å². The summed E-state index contributed by atoms with van der Waals surface area (Å²) in [5, 5.41) is 18.1. The van der Waals surface area contributed by atoms with Crippen LogP contribution < -0.4 is 0 Å². The fourth-order valence-corrected chi connectivity index (χ4v) is 3.87. The van der Waals surface area contributed by atoms with Gasteiger partial charge in [0.1, 0.15) is 0 Å². The number of carbonyl (C=O) groups is 1. The molecule has 2 aromatic rings. The lowest BCUT2D eigenvalue weighted by Crippen LogP contribution is -2.37. The Labute approximate surface area is 198 Å². The Morgan fingerprint density at radius 2 is 1.79 bits per heavy atom. The van der Waals surface area contributed by atoms with Crippen LogP contribution in [0, 0.1) is 29.6 Å². The standard InChI is InChI=1S/C22H21F3N2O2.C5H6/c23-22(24,25)19-7-5-18(6-8-19)20-11-17(12-21(28)29)9-10-27(20)14-16-3-1-15(13-26)2-4-16;1-4-5(2)3/h1-8,17,20H,9-12,14H2,(H,28,29);1H,2H2,3H3. The second kappa shape index (κ2) is 12.1. The van der Waals surface area contributed by atoms with Gasteiger partial charge in [-0.15, -0.1) is 6.42 Å². The Morgan fingerprint density at radius 3 is 2.26 bits per heavy atom. The number of piperidine rings is 1. The van der Waals surface area contributed by atoms with E-state index < -0.39 is 17.7 Å². The lowest BCUT2D eigenvalue weighted by atomic mass is 9.84. The molecule has 1 heterocycles. The number of terminal acetylenes is 1. The molecule has 1 fully saturated rings. The summed E-state index contributed by atoms with van der Waals surface area (Å²) in [4.78, 5) is 13.3. The number of carboxylic acid groups (broad SMARTS) is 1. The van der Waals surface area contributed by atoms with Gasteiger partial charge in [-0.1, -0.05) is 36.8 Å². The Kier molecular flexibility index (Phi) is 9.47. The van der Waals surface area contributed by atoms with Crippen molar-refractivity contribution in [3.05, 3.63) is 82.9 Å². The normalized spacial score (nSPS) is 18.1. The van der Waals surface area contributed by atoms with E-state index in [4.69, 9.17) is 16.8 Å². The molecule has 0 aliphatic carbocycles. The van der Waals surface area contributed by atoms with Gasteiger partial charge in [0.15, 0.2) is 0 Å². The van der Waals surface area contributed by atoms with Crippen molar-refractivity contribution in [3.63, 3.8) is 0 Å². The predicted molar refractivity (Wildman–Crippen MR) is 124 cm³/mol. The molecule has 0 saturated carbocycles. The quantitative estimate of drug-likeness (QED) is 0.531. The van der Waals surface area contributed by atoms with Crippen molar-refractivity contribution in [2.45, 2.75) is 44.9 Å². The molecule has 2 aromatic carbocycles. The maximum atomic E-state index is 12.9. The minimum Gasteiger partial charge on any atom is -0.481 e. The van der Waals surface area contributed by atoms with Crippen molar-refractivity contribution in [1.29, 1.82) is 5.26 Å². The maximum Gasteiger partial charge on any atom is 0.416 e. The molecule has 4 nitrogen and oxygen atoms in total. The number of benzene rings is 2. The van der Waals surface area contributed by atoms with Crippen LogP contribution in [-0.2, 0) is 17.5 Å². The van der Waals surface area contributed by atoms with Crippen molar-refractivity contribution < 1.29 is 23.1 Å². The first-order chi connectivity index (χ1) is 16.0. The van der Waals surface area contributed by atoms with E-state index in [0.29, 0.717) is 25.1 Å². The summed E-state index contributed by atoms with van der Waals surface area (Å²) >= 11 is 0. The summed E-state index contributed by atoms with van der Waals surface area (Å²) in [7, 11) is 0. The van der Waals surface area contributed by atoms with Gasteiger partial charge in [-0.25, -0.2) is 0 Å². The fourth-order valence-electron chi connectivity index (χ4n) is 3.87. The van der Waals surface area contributed by atoms with Crippen LogP contribution in [-0.4, -0.2) is 22.5 Å². The van der Waals surface area contributed by atoms with Gasteiger partial charge in [-0.2, -0.15) is 18.4 Å². The number of likely N-dealkylation sites (tertiary alicyclic amines) is 1. The molecule has 0 bridgehead atoms. The van der Waals surface area contributed by atoms with Crippen molar-refractivity contribution in [3.8, 4) is 18.4 Å². The van der Waals surface area contributed by atoms with Crippen molar-refractivity contribution in [2.24, 2.45) is 5.92 Å². The van der Waals surface area contributed by atoms with E-state index in [-0.39, 0.29) is 18.4 Å². The number of nitriles is 1. The van der Waals surface area contributed by atoms with E-state index in [0.717, 1.165) is 35.3 Å². The monoisotopic (exact) mass is 468 g/mol. The first-order valence-electron chi connectivity index (χ1n) is 10.8. The zero-order valence-corrected chi connectivity index (χ0v) is 19.0. The van der Waals surface area contributed by atoms with Gasteiger partial charge in [0.2, 0.25) is 0 Å². The highest BCUT2D eigenvalue weighted by atomic mass is 19.4. The number of halogens is 3. The molecule has 1 N–H and O–H groups in total. The first kappa shape index (κ1) is 26.7. The highest BCUT2D eigenvalue weighted by molar-refractivity contribution is 5.67. The molecule has 178 valence electrons. The molecule has 1 aliphatic heterocycles. The van der Waals surface area contributed by atoms with Gasteiger partial charge in [-0.3, -0.25) is 9.69 Å². The van der Waals surface area contributed by atoms with Crippen molar-refractivity contribution in [1.82, 2.24) is 4.90 Å². The summed E-state index contributed by atoms with van der Waals surface area (Å²) in [6.45, 7) is 6.47. The minimum atomic E-state index is -4.39. The van der Waals surface area contributed by atoms with Crippen LogP contribution >= 0.6 is 0 Å². The van der Waals surface area contributed by atoms with Crippen LogP contribution in [0.25, 0.3) is 0 Å². The molecule has 2 atom stereocenters. The van der Waals surface area contributed by atoms with E-state index in [1.165, 1.54) is 12.1 Å². The van der Waals surface area contributed by atoms with Crippen LogP contribution in [0.3, 0.4) is 0 Å². The molecule has 0 radical (unpaired) electrons. The summed E-state index contributed by atoms with van der Waals surface area (Å²) in [6.07, 6.45) is 1.79. The van der Waals surface area contributed by atoms with Crippen LogP contribution in [0.4, 0.5) is 13.2 Å². The van der Waals surface area contributed by atoms with E-state index >= 15 is 0 Å². The lowest BCUT2D eigenvalue weighted by molar-refractivity contribution is -0.139.